The summed E-state index contributed by atoms with van der Waals surface area (Å²) in [7, 11) is 0. The summed E-state index contributed by atoms with van der Waals surface area (Å²) in [6.45, 7) is 6.70. The molecule has 5 heteroatoms. The van der Waals surface area contributed by atoms with E-state index in [1.165, 1.54) is 0 Å². The molecular formula is C20H20BrN3O. The highest BCUT2D eigenvalue weighted by molar-refractivity contribution is 9.10. The molecule has 3 rings (SSSR count). The van der Waals surface area contributed by atoms with Gasteiger partial charge in [-0.25, -0.2) is 0 Å². The molecule has 4 nitrogen and oxygen atoms in total. The van der Waals surface area contributed by atoms with Crippen LogP contribution in [0.1, 0.15) is 32.9 Å². The Morgan fingerprint density at radius 2 is 1.80 bits per heavy atom. The van der Waals surface area contributed by atoms with Gasteiger partial charge in [0.2, 0.25) is 0 Å². The number of nitrogens with one attached hydrogen (secondary N) is 1. The maximum Gasteiger partial charge on any atom is 0.255 e. The lowest BCUT2D eigenvalue weighted by atomic mass is 10.1. The third-order valence-corrected chi connectivity index (χ3v) is 4.58. The van der Waals surface area contributed by atoms with Gasteiger partial charge in [0.1, 0.15) is 0 Å². The molecule has 25 heavy (non-hydrogen) atoms. The zero-order valence-corrected chi connectivity index (χ0v) is 16.1. The van der Waals surface area contributed by atoms with E-state index in [9.17, 15) is 4.79 Å². The normalized spacial score (nSPS) is 10.7. The Morgan fingerprint density at radius 3 is 2.40 bits per heavy atom. The van der Waals surface area contributed by atoms with Crippen LogP contribution in [0.2, 0.25) is 0 Å². The first-order valence-corrected chi connectivity index (χ1v) is 8.89. The number of aromatic nitrogens is 2. The van der Waals surface area contributed by atoms with Crippen molar-refractivity contribution in [2.75, 3.05) is 5.32 Å². The van der Waals surface area contributed by atoms with E-state index in [4.69, 9.17) is 0 Å². The van der Waals surface area contributed by atoms with E-state index in [1.54, 1.807) is 0 Å². The van der Waals surface area contributed by atoms with Gasteiger partial charge in [-0.05, 0) is 68.3 Å². The van der Waals surface area contributed by atoms with Gasteiger partial charge in [0, 0.05) is 21.4 Å². The number of carbonyl (C=O) groups excluding carboxylic acids is 1. The summed E-state index contributed by atoms with van der Waals surface area (Å²) in [5, 5.41) is 7.43. The quantitative estimate of drug-likeness (QED) is 0.682. The number of halogens is 1. The standard InChI is InChI=1S/C20H20BrN3O/c1-13-10-18(21)8-9-19(13)22-20(25)17-6-4-16(5-7-17)12-24-15(3)11-14(2)23-24/h4-11H,12H2,1-3H3,(H,22,25). The predicted octanol–water partition coefficient (Wildman–Crippen LogP) is 4.87. The summed E-state index contributed by atoms with van der Waals surface area (Å²) < 4.78 is 2.96. The monoisotopic (exact) mass is 397 g/mol. The molecule has 2 aromatic carbocycles. The van der Waals surface area contributed by atoms with E-state index in [2.05, 4.69) is 32.4 Å². The van der Waals surface area contributed by atoms with Crippen molar-refractivity contribution in [2.24, 2.45) is 0 Å². The molecule has 1 amide bonds. The third kappa shape index (κ3) is 4.17. The Bertz CT molecular complexity index is 913. The van der Waals surface area contributed by atoms with Crippen LogP contribution < -0.4 is 5.32 Å². The van der Waals surface area contributed by atoms with E-state index < -0.39 is 0 Å². The molecule has 0 saturated heterocycles. The summed E-state index contributed by atoms with van der Waals surface area (Å²) >= 11 is 3.43. The number of nitrogens with zero attached hydrogens (tertiary/aromatic N) is 2. The highest BCUT2D eigenvalue weighted by Crippen LogP contribution is 2.21. The summed E-state index contributed by atoms with van der Waals surface area (Å²) in [6, 6.07) is 15.5. The number of rotatable bonds is 4. The van der Waals surface area contributed by atoms with Gasteiger partial charge in [0.15, 0.2) is 0 Å². The molecule has 0 aliphatic heterocycles. The second kappa shape index (κ2) is 7.23. The van der Waals surface area contributed by atoms with E-state index in [1.807, 2.05) is 67.9 Å². The maximum absolute atomic E-state index is 12.4. The fourth-order valence-electron chi connectivity index (χ4n) is 2.73. The summed E-state index contributed by atoms with van der Waals surface area (Å²) in [5.74, 6) is -0.108. The van der Waals surface area contributed by atoms with Gasteiger partial charge in [-0.15, -0.1) is 0 Å². The number of anilines is 1. The Balaban J connectivity index is 1.71. The van der Waals surface area contributed by atoms with Gasteiger partial charge in [0.25, 0.3) is 5.91 Å². The minimum Gasteiger partial charge on any atom is -0.322 e. The molecule has 0 spiro atoms. The molecule has 0 radical (unpaired) electrons. The van der Waals surface area contributed by atoms with Crippen LogP contribution in [-0.2, 0) is 6.54 Å². The van der Waals surface area contributed by atoms with Gasteiger partial charge in [-0.1, -0.05) is 28.1 Å². The number of amides is 1. The SMILES string of the molecule is Cc1cc(C)n(Cc2ccc(C(=O)Nc3ccc(Br)cc3C)cc2)n1. The third-order valence-electron chi connectivity index (χ3n) is 4.09. The number of carbonyl (C=O) groups is 1. The van der Waals surface area contributed by atoms with Crippen molar-refractivity contribution < 1.29 is 4.79 Å². The van der Waals surface area contributed by atoms with Crippen molar-refractivity contribution in [3.8, 4) is 0 Å². The Morgan fingerprint density at radius 1 is 1.08 bits per heavy atom. The maximum atomic E-state index is 12.4. The van der Waals surface area contributed by atoms with Crippen LogP contribution in [0.15, 0.2) is 53.0 Å². The molecule has 0 fully saturated rings. The molecule has 0 aliphatic carbocycles. The van der Waals surface area contributed by atoms with Gasteiger partial charge in [0.05, 0.1) is 12.2 Å². The van der Waals surface area contributed by atoms with E-state index >= 15 is 0 Å². The highest BCUT2D eigenvalue weighted by Gasteiger charge is 2.09. The zero-order valence-electron chi connectivity index (χ0n) is 14.5. The second-order valence-electron chi connectivity index (χ2n) is 6.20. The lowest BCUT2D eigenvalue weighted by Crippen LogP contribution is -2.13. The molecule has 128 valence electrons. The number of aryl methyl sites for hydroxylation is 3. The molecule has 1 N–H and O–H groups in total. The van der Waals surface area contributed by atoms with Crippen LogP contribution >= 0.6 is 15.9 Å². The lowest BCUT2D eigenvalue weighted by Gasteiger charge is -2.10. The average Bonchev–Trinajstić information content (AvgIpc) is 2.88. The predicted molar refractivity (Wildman–Crippen MR) is 104 cm³/mol. The van der Waals surface area contributed by atoms with Crippen LogP contribution in [-0.4, -0.2) is 15.7 Å². The molecule has 0 atom stereocenters. The van der Waals surface area contributed by atoms with Crippen LogP contribution in [0.5, 0.6) is 0 Å². The minimum atomic E-state index is -0.108. The van der Waals surface area contributed by atoms with Crippen LogP contribution in [0.3, 0.4) is 0 Å². The number of hydrogen-bond acceptors (Lipinski definition) is 2. The Hall–Kier alpha value is -2.40. The zero-order chi connectivity index (χ0) is 18.0. The van der Waals surface area contributed by atoms with E-state index in [-0.39, 0.29) is 5.91 Å². The summed E-state index contributed by atoms with van der Waals surface area (Å²) in [5.41, 5.74) is 5.73. The van der Waals surface area contributed by atoms with E-state index in [0.29, 0.717) is 12.1 Å². The van der Waals surface area contributed by atoms with Crippen molar-refractivity contribution in [2.45, 2.75) is 27.3 Å². The number of benzene rings is 2. The van der Waals surface area contributed by atoms with Gasteiger partial charge in [-0.3, -0.25) is 9.48 Å². The number of hydrogen-bond donors (Lipinski definition) is 1. The highest BCUT2D eigenvalue weighted by atomic mass is 79.9. The Labute approximate surface area is 156 Å². The molecule has 1 aromatic heterocycles. The first-order chi connectivity index (χ1) is 11.9. The van der Waals surface area contributed by atoms with Crippen molar-refractivity contribution in [3.05, 3.63) is 81.1 Å². The van der Waals surface area contributed by atoms with Crippen molar-refractivity contribution >= 4 is 27.5 Å². The topological polar surface area (TPSA) is 46.9 Å². The largest absolute Gasteiger partial charge is 0.322 e. The van der Waals surface area contributed by atoms with Crippen LogP contribution in [0.25, 0.3) is 0 Å². The van der Waals surface area contributed by atoms with Crippen LogP contribution in [0, 0.1) is 20.8 Å². The Kier molecular flexibility index (Phi) is 5.04. The fraction of sp³-hybridized carbons (Fsp3) is 0.200. The molecular weight excluding hydrogens is 378 g/mol. The average molecular weight is 398 g/mol. The summed E-state index contributed by atoms with van der Waals surface area (Å²) in [6.07, 6.45) is 0. The summed E-state index contributed by atoms with van der Waals surface area (Å²) in [4.78, 5) is 12.4. The molecule has 1 heterocycles. The lowest BCUT2D eigenvalue weighted by molar-refractivity contribution is 0.102. The fourth-order valence-corrected chi connectivity index (χ4v) is 3.21. The molecule has 0 aliphatic rings. The van der Waals surface area contributed by atoms with Crippen molar-refractivity contribution in [3.63, 3.8) is 0 Å². The van der Waals surface area contributed by atoms with Gasteiger partial charge < -0.3 is 5.32 Å². The van der Waals surface area contributed by atoms with Crippen LogP contribution in [0.4, 0.5) is 5.69 Å². The second-order valence-corrected chi connectivity index (χ2v) is 7.11. The first kappa shape index (κ1) is 17.4. The van der Waals surface area contributed by atoms with Gasteiger partial charge in [-0.2, -0.15) is 5.10 Å². The molecule has 0 saturated carbocycles. The van der Waals surface area contributed by atoms with E-state index in [0.717, 1.165) is 32.7 Å². The molecule has 0 bridgehead atoms. The minimum absolute atomic E-state index is 0.108. The molecule has 3 aromatic rings. The van der Waals surface area contributed by atoms with Gasteiger partial charge >= 0.3 is 0 Å². The van der Waals surface area contributed by atoms with Crippen molar-refractivity contribution in [1.82, 2.24) is 9.78 Å². The molecule has 0 unspecified atom stereocenters. The smallest absolute Gasteiger partial charge is 0.255 e. The van der Waals surface area contributed by atoms with Crippen molar-refractivity contribution in [1.29, 1.82) is 0 Å². The first-order valence-electron chi connectivity index (χ1n) is 8.10.